The quantitative estimate of drug-likeness (QED) is 0.847. The summed E-state index contributed by atoms with van der Waals surface area (Å²) < 4.78 is 12.9. The lowest BCUT2D eigenvalue weighted by atomic mass is 10.1. The van der Waals surface area contributed by atoms with Gasteiger partial charge in [0.1, 0.15) is 5.82 Å². The molecule has 25 heavy (non-hydrogen) atoms. The van der Waals surface area contributed by atoms with Crippen molar-refractivity contribution in [2.75, 3.05) is 11.9 Å². The van der Waals surface area contributed by atoms with Gasteiger partial charge in [0.05, 0.1) is 0 Å². The second-order valence-corrected chi connectivity index (χ2v) is 6.52. The van der Waals surface area contributed by atoms with E-state index in [0.717, 1.165) is 12.0 Å². The van der Waals surface area contributed by atoms with E-state index in [1.54, 1.807) is 36.4 Å². The first kappa shape index (κ1) is 17.1. The van der Waals surface area contributed by atoms with Crippen molar-refractivity contribution in [1.29, 1.82) is 0 Å². The second-order valence-electron chi connectivity index (χ2n) is 6.52. The van der Waals surface area contributed by atoms with Crippen molar-refractivity contribution in [3.8, 4) is 0 Å². The van der Waals surface area contributed by atoms with Crippen LogP contribution in [0.3, 0.4) is 0 Å². The van der Waals surface area contributed by atoms with Crippen molar-refractivity contribution in [3.05, 3.63) is 65.5 Å². The average molecular weight is 340 g/mol. The fraction of sp³-hybridized carbons (Fsp3) is 0.300. The summed E-state index contributed by atoms with van der Waals surface area (Å²) in [6.45, 7) is 2.51. The molecule has 1 aliphatic carbocycles. The number of benzene rings is 2. The normalized spacial score (nSPS) is 18.5. The Morgan fingerprint density at radius 1 is 1.16 bits per heavy atom. The minimum atomic E-state index is -0.271. The van der Waals surface area contributed by atoms with Crippen molar-refractivity contribution < 1.29 is 14.0 Å². The van der Waals surface area contributed by atoms with Crippen LogP contribution in [-0.2, 0) is 11.2 Å². The van der Waals surface area contributed by atoms with E-state index >= 15 is 0 Å². The molecule has 130 valence electrons. The lowest BCUT2D eigenvalue weighted by molar-refractivity contribution is -0.117. The van der Waals surface area contributed by atoms with E-state index < -0.39 is 0 Å². The SMILES string of the molecule is C[C@@H]1C[C@H]1C(=O)Nc1cccc(C(=O)NCCc2ccc(F)cc2)c1. The van der Waals surface area contributed by atoms with Crippen LogP contribution in [0.4, 0.5) is 10.1 Å². The molecular formula is C20H21FN2O2. The molecule has 0 aromatic heterocycles. The van der Waals surface area contributed by atoms with Gasteiger partial charge in [-0.1, -0.05) is 25.1 Å². The Hall–Kier alpha value is -2.69. The molecular weight excluding hydrogens is 319 g/mol. The molecule has 2 N–H and O–H groups in total. The predicted molar refractivity (Wildman–Crippen MR) is 94.8 cm³/mol. The number of amides is 2. The molecule has 2 atom stereocenters. The number of carbonyl (C=O) groups is 2. The zero-order chi connectivity index (χ0) is 17.8. The van der Waals surface area contributed by atoms with E-state index in [9.17, 15) is 14.0 Å². The predicted octanol–water partition coefficient (Wildman–Crippen LogP) is 3.39. The van der Waals surface area contributed by atoms with Gasteiger partial charge in [0.25, 0.3) is 5.91 Å². The van der Waals surface area contributed by atoms with Gasteiger partial charge in [0.2, 0.25) is 5.91 Å². The highest BCUT2D eigenvalue weighted by Crippen LogP contribution is 2.38. The summed E-state index contributed by atoms with van der Waals surface area (Å²) in [5, 5.41) is 5.70. The van der Waals surface area contributed by atoms with E-state index in [-0.39, 0.29) is 23.5 Å². The van der Waals surface area contributed by atoms with Crippen LogP contribution >= 0.6 is 0 Å². The average Bonchev–Trinajstić information content (AvgIpc) is 3.34. The van der Waals surface area contributed by atoms with Crippen LogP contribution < -0.4 is 10.6 Å². The molecule has 2 amide bonds. The lowest BCUT2D eigenvalue weighted by Gasteiger charge is -2.08. The first-order valence-electron chi connectivity index (χ1n) is 8.46. The molecule has 4 nitrogen and oxygen atoms in total. The molecule has 0 saturated heterocycles. The maximum absolute atomic E-state index is 12.9. The third-order valence-electron chi connectivity index (χ3n) is 4.45. The Morgan fingerprint density at radius 3 is 2.56 bits per heavy atom. The third-order valence-corrected chi connectivity index (χ3v) is 4.45. The lowest BCUT2D eigenvalue weighted by Crippen LogP contribution is -2.25. The van der Waals surface area contributed by atoms with Gasteiger partial charge < -0.3 is 10.6 Å². The Bertz CT molecular complexity index is 774. The van der Waals surface area contributed by atoms with Crippen molar-refractivity contribution in [1.82, 2.24) is 5.32 Å². The Kier molecular flexibility index (Phi) is 5.12. The van der Waals surface area contributed by atoms with Crippen molar-refractivity contribution in [3.63, 3.8) is 0 Å². The number of hydrogen-bond acceptors (Lipinski definition) is 2. The minimum absolute atomic E-state index is 0.0152. The summed E-state index contributed by atoms with van der Waals surface area (Å²) in [5.41, 5.74) is 2.09. The number of hydrogen-bond donors (Lipinski definition) is 2. The van der Waals surface area contributed by atoms with E-state index in [1.807, 2.05) is 0 Å². The highest BCUT2D eigenvalue weighted by Gasteiger charge is 2.39. The van der Waals surface area contributed by atoms with Gasteiger partial charge in [-0.05, 0) is 54.7 Å². The van der Waals surface area contributed by atoms with Gasteiger partial charge >= 0.3 is 0 Å². The van der Waals surface area contributed by atoms with Crippen LogP contribution in [0, 0.1) is 17.7 Å². The molecule has 3 rings (SSSR count). The summed E-state index contributed by atoms with van der Waals surface area (Å²) >= 11 is 0. The molecule has 1 aliphatic rings. The summed E-state index contributed by atoms with van der Waals surface area (Å²) in [5.74, 6) is 0.0812. The number of carbonyl (C=O) groups excluding carboxylic acids is 2. The van der Waals surface area contributed by atoms with E-state index in [0.29, 0.717) is 30.1 Å². The summed E-state index contributed by atoms with van der Waals surface area (Å²) in [6.07, 6.45) is 1.55. The van der Waals surface area contributed by atoms with Crippen LogP contribution in [0.2, 0.25) is 0 Å². The number of halogens is 1. The number of anilines is 1. The van der Waals surface area contributed by atoms with Crippen LogP contribution in [-0.4, -0.2) is 18.4 Å². The fourth-order valence-electron chi connectivity index (χ4n) is 2.73. The zero-order valence-electron chi connectivity index (χ0n) is 14.1. The number of rotatable bonds is 6. The molecule has 0 radical (unpaired) electrons. The maximum atomic E-state index is 12.9. The largest absolute Gasteiger partial charge is 0.352 e. The summed E-state index contributed by atoms with van der Waals surface area (Å²) in [7, 11) is 0. The Labute approximate surface area is 146 Å². The molecule has 0 bridgehead atoms. The van der Waals surface area contributed by atoms with E-state index in [4.69, 9.17) is 0 Å². The van der Waals surface area contributed by atoms with Gasteiger partial charge in [-0.25, -0.2) is 4.39 Å². The fourth-order valence-corrected chi connectivity index (χ4v) is 2.73. The minimum Gasteiger partial charge on any atom is -0.352 e. The molecule has 0 heterocycles. The molecule has 0 spiro atoms. The molecule has 1 saturated carbocycles. The van der Waals surface area contributed by atoms with Gasteiger partial charge in [-0.3, -0.25) is 9.59 Å². The van der Waals surface area contributed by atoms with Gasteiger partial charge in [0, 0.05) is 23.7 Å². The summed E-state index contributed by atoms with van der Waals surface area (Å²) in [4.78, 5) is 24.2. The zero-order valence-corrected chi connectivity index (χ0v) is 14.1. The van der Waals surface area contributed by atoms with Gasteiger partial charge in [-0.15, -0.1) is 0 Å². The first-order valence-corrected chi connectivity index (χ1v) is 8.46. The third kappa shape index (κ3) is 4.66. The van der Waals surface area contributed by atoms with Crippen molar-refractivity contribution in [2.24, 2.45) is 11.8 Å². The molecule has 1 fully saturated rings. The topological polar surface area (TPSA) is 58.2 Å². The smallest absolute Gasteiger partial charge is 0.251 e. The first-order chi connectivity index (χ1) is 12.0. The standard InChI is InChI=1S/C20H21FN2O2/c1-13-11-18(13)20(25)23-17-4-2-3-15(12-17)19(24)22-10-9-14-5-7-16(21)8-6-14/h2-8,12-13,18H,9-11H2,1H3,(H,22,24)(H,23,25)/t13-,18-/m1/s1. The van der Waals surface area contributed by atoms with Crippen LogP contribution in [0.5, 0.6) is 0 Å². The molecule has 0 aliphatic heterocycles. The highest BCUT2D eigenvalue weighted by atomic mass is 19.1. The molecule has 5 heteroatoms. The Balaban J connectivity index is 1.52. The monoisotopic (exact) mass is 340 g/mol. The van der Waals surface area contributed by atoms with E-state index in [2.05, 4.69) is 17.6 Å². The van der Waals surface area contributed by atoms with Crippen LogP contribution in [0.25, 0.3) is 0 Å². The second kappa shape index (κ2) is 7.47. The van der Waals surface area contributed by atoms with Crippen LogP contribution in [0.1, 0.15) is 29.3 Å². The van der Waals surface area contributed by atoms with Crippen molar-refractivity contribution in [2.45, 2.75) is 19.8 Å². The maximum Gasteiger partial charge on any atom is 0.251 e. The summed E-state index contributed by atoms with van der Waals surface area (Å²) in [6, 6.07) is 13.1. The van der Waals surface area contributed by atoms with Gasteiger partial charge in [0.15, 0.2) is 0 Å². The Morgan fingerprint density at radius 2 is 1.88 bits per heavy atom. The molecule has 2 aromatic carbocycles. The van der Waals surface area contributed by atoms with Crippen LogP contribution in [0.15, 0.2) is 48.5 Å². The van der Waals surface area contributed by atoms with E-state index in [1.165, 1.54) is 12.1 Å². The van der Waals surface area contributed by atoms with Gasteiger partial charge in [-0.2, -0.15) is 0 Å². The molecule has 0 unspecified atom stereocenters. The molecule has 2 aromatic rings. The highest BCUT2D eigenvalue weighted by molar-refractivity contribution is 5.98. The number of nitrogens with one attached hydrogen (secondary N) is 2. The van der Waals surface area contributed by atoms with Crippen molar-refractivity contribution >= 4 is 17.5 Å².